The molecule has 0 aliphatic rings. The number of hydrogen-bond acceptors (Lipinski definition) is 2. The van der Waals surface area contributed by atoms with Crippen molar-refractivity contribution in [1.82, 2.24) is 14.9 Å². The Morgan fingerprint density at radius 2 is 1.96 bits per heavy atom. The van der Waals surface area contributed by atoms with Crippen LogP contribution in [0.4, 0.5) is 0 Å². The number of halogens is 1. The molecule has 1 aromatic heterocycles. The molecule has 0 atom stereocenters. The third-order valence-corrected chi connectivity index (χ3v) is 4.46. The molecular weight excluding hydrogens is 334 g/mol. The SMILES string of the molecule is CC(C)n1c(Cl)nc2cc(C(=O)NCCCc3ccccc3)ccc21. The van der Waals surface area contributed by atoms with Crippen molar-refractivity contribution in [3.05, 3.63) is 64.9 Å². The lowest BCUT2D eigenvalue weighted by Gasteiger charge is -2.10. The molecule has 0 fully saturated rings. The highest BCUT2D eigenvalue weighted by Gasteiger charge is 2.14. The third kappa shape index (κ3) is 4.02. The fourth-order valence-electron chi connectivity index (χ4n) is 2.94. The zero-order chi connectivity index (χ0) is 17.8. The molecule has 1 amide bonds. The lowest BCUT2D eigenvalue weighted by atomic mass is 10.1. The summed E-state index contributed by atoms with van der Waals surface area (Å²) in [6, 6.07) is 16.0. The molecule has 0 aliphatic heterocycles. The summed E-state index contributed by atoms with van der Waals surface area (Å²) in [4.78, 5) is 16.7. The molecule has 2 aromatic carbocycles. The fraction of sp³-hybridized carbons (Fsp3) is 0.300. The van der Waals surface area contributed by atoms with Gasteiger partial charge in [0.1, 0.15) is 0 Å². The highest BCUT2D eigenvalue weighted by molar-refractivity contribution is 6.29. The maximum atomic E-state index is 12.3. The lowest BCUT2D eigenvalue weighted by molar-refractivity contribution is 0.0953. The number of fused-ring (bicyclic) bond motifs is 1. The Morgan fingerprint density at radius 1 is 1.20 bits per heavy atom. The summed E-state index contributed by atoms with van der Waals surface area (Å²) in [5, 5.41) is 3.42. The smallest absolute Gasteiger partial charge is 0.251 e. The van der Waals surface area contributed by atoms with Crippen LogP contribution in [0.2, 0.25) is 5.28 Å². The largest absolute Gasteiger partial charge is 0.352 e. The van der Waals surface area contributed by atoms with Crippen LogP contribution in [-0.4, -0.2) is 22.0 Å². The Morgan fingerprint density at radius 3 is 2.68 bits per heavy atom. The number of imidazole rings is 1. The zero-order valence-corrected chi connectivity index (χ0v) is 15.3. The van der Waals surface area contributed by atoms with E-state index in [0.717, 1.165) is 23.9 Å². The minimum absolute atomic E-state index is 0.0785. The first-order chi connectivity index (χ1) is 12.1. The molecule has 130 valence electrons. The van der Waals surface area contributed by atoms with E-state index in [1.54, 1.807) is 6.07 Å². The van der Waals surface area contributed by atoms with Gasteiger partial charge in [0.25, 0.3) is 5.91 Å². The molecule has 0 aliphatic carbocycles. The molecule has 1 heterocycles. The van der Waals surface area contributed by atoms with Crippen molar-refractivity contribution < 1.29 is 4.79 Å². The number of hydrogen-bond donors (Lipinski definition) is 1. The van der Waals surface area contributed by atoms with Gasteiger partial charge in [0, 0.05) is 18.2 Å². The van der Waals surface area contributed by atoms with Gasteiger partial charge in [-0.25, -0.2) is 4.98 Å². The molecule has 3 aromatic rings. The van der Waals surface area contributed by atoms with Crippen LogP contribution in [0.1, 0.15) is 42.2 Å². The van der Waals surface area contributed by atoms with Crippen molar-refractivity contribution in [3.63, 3.8) is 0 Å². The van der Waals surface area contributed by atoms with Crippen LogP contribution in [0.5, 0.6) is 0 Å². The quantitative estimate of drug-likeness (QED) is 0.655. The Hall–Kier alpha value is -2.33. The second-order valence-corrected chi connectivity index (χ2v) is 6.73. The van der Waals surface area contributed by atoms with Gasteiger partial charge < -0.3 is 9.88 Å². The second kappa shape index (κ2) is 7.70. The van der Waals surface area contributed by atoms with Crippen molar-refractivity contribution in [2.45, 2.75) is 32.7 Å². The molecule has 0 radical (unpaired) electrons. The van der Waals surface area contributed by atoms with Crippen LogP contribution in [0.3, 0.4) is 0 Å². The van der Waals surface area contributed by atoms with Crippen molar-refractivity contribution in [2.75, 3.05) is 6.54 Å². The van der Waals surface area contributed by atoms with Crippen molar-refractivity contribution in [3.8, 4) is 0 Å². The lowest BCUT2D eigenvalue weighted by Crippen LogP contribution is -2.24. The molecule has 0 unspecified atom stereocenters. The summed E-state index contributed by atoms with van der Waals surface area (Å²) in [6.07, 6.45) is 1.86. The first-order valence-electron chi connectivity index (χ1n) is 8.56. The Balaban J connectivity index is 1.62. The van der Waals surface area contributed by atoms with Gasteiger partial charge in [0.15, 0.2) is 0 Å². The van der Waals surface area contributed by atoms with Crippen LogP contribution in [0.15, 0.2) is 48.5 Å². The van der Waals surface area contributed by atoms with Crippen LogP contribution in [0.25, 0.3) is 11.0 Å². The molecule has 5 heteroatoms. The average molecular weight is 356 g/mol. The van der Waals surface area contributed by atoms with Crippen LogP contribution < -0.4 is 5.32 Å². The van der Waals surface area contributed by atoms with Crippen LogP contribution in [-0.2, 0) is 6.42 Å². The van der Waals surface area contributed by atoms with Crippen LogP contribution >= 0.6 is 11.6 Å². The molecule has 0 saturated carbocycles. The fourth-order valence-corrected chi connectivity index (χ4v) is 3.32. The van der Waals surface area contributed by atoms with E-state index in [9.17, 15) is 4.79 Å². The van der Waals surface area contributed by atoms with E-state index >= 15 is 0 Å². The molecule has 25 heavy (non-hydrogen) atoms. The minimum atomic E-state index is -0.0785. The van der Waals surface area contributed by atoms with Gasteiger partial charge in [-0.3, -0.25) is 4.79 Å². The topological polar surface area (TPSA) is 46.9 Å². The molecule has 1 N–H and O–H groups in total. The Bertz CT molecular complexity index is 871. The summed E-state index contributed by atoms with van der Waals surface area (Å²) in [7, 11) is 0. The molecule has 4 nitrogen and oxygen atoms in total. The Kier molecular flexibility index (Phi) is 5.39. The first-order valence-corrected chi connectivity index (χ1v) is 8.93. The minimum Gasteiger partial charge on any atom is -0.352 e. The predicted molar refractivity (Wildman–Crippen MR) is 102 cm³/mol. The number of nitrogens with one attached hydrogen (secondary N) is 1. The molecular formula is C20H22ClN3O. The van der Waals surface area contributed by atoms with E-state index in [4.69, 9.17) is 11.6 Å². The average Bonchev–Trinajstić information content (AvgIpc) is 2.94. The number of carbonyl (C=O) groups is 1. The summed E-state index contributed by atoms with van der Waals surface area (Å²) < 4.78 is 1.96. The number of amides is 1. The summed E-state index contributed by atoms with van der Waals surface area (Å²) in [5.74, 6) is -0.0785. The number of rotatable bonds is 6. The third-order valence-electron chi connectivity index (χ3n) is 4.20. The van der Waals surface area contributed by atoms with Crippen molar-refractivity contribution in [2.24, 2.45) is 0 Å². The zero-order valence-electron chi connectivity index (χ0n) is 14.5. The van der Waals surface area contributed by atoms with Gasteiger partial charge in [-0.15, -0.1) is 0 Å². The number of aryl methyl sites for hydroxylation is 1. The van der Waals surface area contributed by atoms with E-state index in [0.29, 0.717) is 17.4 Å². The summed E-state index contributed by atoms with van der Waals surface area (Å²) in [6.45, 7) is 4.76. The molecule has 0 spiro atoms. The monoisotopic (exact) mass is 355 g/mol. The summed E-state index contributed by atoms with van der Waals surface area (Å²) in [5.41, 5.74) is 3.58. The van der Waals surface area contributed by atoms with Gasteiger partial charge in [-0.05, 0) is 62.1 Å². The highest BCUT2D eigenvalue weighted by Crippen LogP contribution is 2.25. The maximum Gasteiger partial charge on any atom is 0.251 e. The van der Waals surface area contributed by atoms with E-state index in [1.807, 2.05) is 34.9 Å². The van der Waals surface area contributed by atoms with E-state index in [1.165, 1.54) is 5.56 Å². The maximum absolute atomic E-state index is 12.3. The number of nitrogens with zero attached hydrogens (tertiary/aromatic N) is 2. The van der Waals surface area contributed by atoms with Gasteiger partial charge in [-0.1, -0.05) is 30.3 Å². The number of aromatic nitrogens is 2. The van der Waals surface area contributed by atoms with Gasteiger partial charge >= 0.3 is 0 Å². The number of benzene rings is 2. The number of carbonyl (C=O) groups excluding carboxylic acids is 1. The summed E-state index contributed by atoms with van der Waals surface area (Å²) >= 11 is 6.21. The van der Waals surface area contributed by atoms with E-state index < -0.39 is 0 Å². The standard InChI is InChI=1S/C20H22ClN3O/c1-14(2)24-18-11-10-16(13-17(18)23-20(24)21)19(25)22-12-6-9-15-7-4-3-5-8-15/h3-5,7-8,10-11,13-14H,6,9,12H2,1-2H3,(H,22,25). The van der Waals surface area contributed by atoms with Crippen LogP contribution in [0, 0.1) is 0 Å². The predicted octanol–water partition coefficient (Wildman–Crippen LogP) is 4.63. The van der Waals surface area contributed by atoms with Crippen molar-refractivity contribution in [1.29, 1.82) is 0 Å². The van der Waals surface area contributed by atoms with E-state index in [-0.39, 0.29) is 11.9 Å². The van der Waals surface area contributed by atoms with Gasteiger partial charge in [0.05, 0.1) is 11.0 Å². The normalized spacial score (nSPS) is 11.2. The highest BCUT2D eigenvalue weighted by atomic mass is 35.5. The second-order valence-electron chi connectivity index (χ2n) is 6.39. The molecule has 0 saturated heterocycles. The van der Waals surface area contributed by atoms with Crippen molar-refractivity contribution >= 4 is 28.5 Å². The molecule has 0 bridgehead atoms. The van der Waals surface area contributed by atoms with Gasteiger partial charge in [-0.2, -0.15) is 0 Å². The van der Waals surface area contributed by atoms with E-state index in [2.05, 4.69) is 36.3 Å². The first kappa shape index (κ1) is 17.5. The Labute approximate surface area is 152 Å². The van der Waals surface area contributed by atoms with Gasteiger partial charge in [0.2, 0.25) is 5.28 Å². The molecule has 3 rings (SSSR count).